The normalized spacial score (nSPS) is 17.0. The zero-order chi connectivity index (χ0) is 18.1. The second-order valence-electron chi connectivity index (χ2n) is 6.26. The van der Waals surface area contributed by atoms with Gasteiger partial charge in [-0.15, -0.1) is 5.10 Å². The van der Waals surface area contributed by atoms with Crippen molar-refractivity contribution in [2.45, 2.75) is 25.8 Å². The zero-order valence-corrected chi connectivity index (χ0v) is 15.2. The Morgan fingerprint density at radius 3 is 2.56 bits per heavy atom. The zero-order valence-electron chi connectivity index (χ0n) is 14.4. The van der Waals surface area contributed by atoms with Crippen LogP contribution in [0.2, 0.25) is 5.02 Å². The number of likely N-dealkylation sites (tertiary alicyclic amines) is 1. The molecule has 1 fully saturated rings. The van der Waals surface area contributed by atoms with Crippen molar-refractivity contribution in [3.8, 4) is 5.69 Å². The van der Waals surface area contributed by atoms with Crippen molar-refractivity contribution in [1.82, 2.24) is 24.6 Å². The molecule has 7 nitrogen and oxygen atoms in total. The Morgan fingerprint density at radius 1 is 1.24 bits per heavy atom. The summed E-state index contributed by atoms with van der Waals surface area (Å²) in [7, 11) is 3.39. The van der Waals surface area contributed by atoms with E-state index in [-0.39, 0.29) is 17.6 Å². The van der Waals surface area contributed by atoms with E-state index in [2.05, 4.69) is 10.1 Å². The summed E-state index contributed by atoms with van der Waals surface area (Å²) in [4.78, 5) is 32.5. The monoisotopic (exact) mass is 361 g/mol. The van der Waals surface area contributed by atoms with Crippen LogP contribution in [0.1, 0.15) is 29.3 Å². The maximum Gasteiger partial charge on any atom is 0.294 e. The quantitative estimate of drug-likeness (QED) is 0.837. The number of rotatable bonds is 3. The van der Waals surface area contributed by atoms with Crippen molar-refractivity contribution >= 4 is 23.4 Å². The van der Waals surface area contributed by atoms with Crippen LogP contribution in [0.4, 0.5) is 0 Å². The topological polar surface area (TPSA) is 71.3 Å². The van der Waals surface area contributed by atoms with E-state index in [0.29, 0.717) is 23.8 Å². The van der Waals surface area contributed by atoms with Crippen LogP contribution in [-0.2, 0) is 4.79 Å². The number of benzene rings is 1. The Hall–Kier alpha value is -2.41. The van der Waals surface area contributed by atoms with Gasteiger partial charge in [-0.05, 0) is 44.0 Å². The summed E-state index contributed by atoms with van der Waals surface area (Å²) < 4.78 is 1.60. The molecule has 0 aliphatic carbocycles. The van der Waals surface area contributed by atoms with Crippen LogP contribution < -0.4 is 0 Å². The highest BCUT2D eigenvalue weighted by Gasteiger charge is 2.37. The molecule has 0 spiro atoms. The van der Waals surface area contributed by atoms with E-state index in [4.69, 9.17) is 11.6 Å². The van der Waals surface area contributed by atoms with Gasteiger partial charge in [0.2, 0.25) is 11.7 Å². The van der Waals surface area contributed by atoms with Crippen molar-refractivity contribution in [2.24, 2.45) is 0 Å². The summed E-state index contributed by atoms with van der Waals surface area (Å²) >= 11 is 5.91. The number of carbonyl (C=O) groups is 2. The van der Waals surface area contributed by atoms with Gasteiger partial charge in [0.25, 0.3) is 5.91 Å². The number of aromatic nitrogens is 3. The molecule has 25 heavy (non-hydrogen) atoms. The highest BCUT2D eigenvalue weighted by molar-refractivity contribution is 6.30. The summed E-state index contributed by atoms with van der Waals surface area (Å²) in [6, 6.07) is 6.70. The van der Waals surface area contributed by atoms with Gasteiger partial charge in [0.1, 0.15) is 11.9 Å². The molecule has 1 atom stereocenters. The molecule has 0 saturated carbocycles. The van der Waals surface area contributed by atoms with Crippen LogP contribution >= 0.6 is 11.6 Å². The first kappa shape index (κ1) is 17.4. The fourth-order valence-corrected chi connectivity index (χ4v) is 3.13. The lowest BCUT2D eigenvalue weighted by Crippen LogP contribution is -2.45. The predicted octanol–water partition coefficient (Wildman–Crippen LogP) is 1.92. The van der Waals surface area contributed by atoms with Crippen LogP contribution in [0.15, 0.2) is 24.3 Å². The number of amides is 2. The van der Waals surface area contributed by atoms with E-state index in [1.165, 1.54) is 4.90 Å². The average molecular weight is 362 g/mol. The number of likely N-dealkylation sites (N-methyl/N-ethyl adjacent to an activating group) is 1. The number of aryl methyl sites for hydroxylation is 1. The first-order valence-electron chi connectivity index (χ1n) is 8.10. The van der Waals surface area contributed by atoms with Crippen LogP contribution in [0.25, 0.3) is 5.69 Å². The van der Waals surface area contributed by atoms with Gasteiger partial charge in [0.15, 0.2) is 0 Å². The minimum absolute atomic E-state index is 0.0697. The molecule has 1 aromatic carbocycles. The Labute approximate surface area is 151 Å². The first-order chi connectivity index (χ1) is 11.9. The lowest BCUT2D eigenvalue weighted by molar-refractivity contribution is -0.132. The standard InChI is InChI=1S/C17H20ClN5O2/c1-11-19-15(20-23(11)13-8-6-12(18)7-9-13)17(25)22-10-4-5-14(22)16(24)21(2)3/h6-9,14H,4-5,10H2,1-3H3. The van der Waals surface area contributed by atoms with Gasteiger partial charge < -0.3 is 9.80 Å². The van der Waals surface area contributed by atoms with Crippen LogP contribution in [-0.4, -0.2) is 63.1 Å². The Balaban J connectivity index is 1.87. The van der Waals surface area contributed by atoms with Gasteiger partial charge in [0.05, 0.1) is 5.69 Å². The van der Waals surface area contributed by atoms with Crippen molar-refractivity contribution in [3.63, 3.8) is 0 Å². The van der Waals surface area contributed by atoms with E-state index >= 15 is 0 Å². The molecule has 3 rings (SSSR count). The van der Waals surface area contributed by atoms with Gasteiger partial charge in [0, 0.05) is 25.7 Å². The van der Waals surface area contributed by atoms with E-state index in [1.807, 2.05) is 12.1 Å². The van der Waals surface area contributed by atoms with Crippen molar-refractivity contribution in [3.05, 3.63) is 40.9 Å². The fourth-order valence-electron chi connectivity index (χ4n) is 3.00. The third-order valence-electron chi connectivity index (χ3n) is 4.27. The number of hydrogen-bond acceptors (Lipinski definition) is 4. The van der Waals surface area contributed by atoms with Gasteiger partial charge in [-0.3, -0.25) is 9.59 Å². The maximum absolute atomic E-state index is 12.8. The van der Waals surface area contributed by atoms with Crippen LogP contribution in [0.5, 0.6) is 0 Å². The molecule has 0 radical (unpaired) electrons. The Morgan fingerprint density at radius 2 is 1.92 bits per heavy atom. The van der Waals surface area contributed by atoms with Crippen LogP contribution in [0.3, 0.4) is 0 Å². The maximum atomic E-state index is 12.8. The van der Waals surface area contributed by atoms with Gasteiger partial charge in [-0.1, -0.05) is 11.6 Å². The second-order valence-corrected chi connectivity index (χ2v) is 6.70. The average Bonchev–Trinajstić information content (AvgIpc) is 3.21. The lowest BCUT2D eigenvalue weighted by Gasteiger charge is -2.25. The molecule has 2 heterocycles. The molecular formula is C17H20ClN5O2. The van der Waals surface area contributed by atoms with Gasteiger partial charge >= 0.3 is 0 Å². The number of carbonyl (C=O) groups excluding carboxylic acids is 2. The summed E-state index contributed by atoms with van der Waals surface area (Å²) in [5, 5.41) is 4.96. The fraction of sp³-hybridized carbons (Fsp3) is 0.412. The molecule has 132 valence electrons. The molecule has 1 aliphatic rings. The summed E-state index contributed by atoms with van der Waals surface area (Å²) in [6.45, 7) is 2.32. The number of hydrogen-bond donors (Lipinski definition) is 0. The summed E-state index contributed by atoms with van der Waals surface area (Å²) in [6.07, 6.45) is 1.46. The molecule has 0 N–H and O–H groups in total. The van der Waals surface area contributed by atoms with Crippen molar-refractivity contribution in [1.29, 1.82) is 0 Å². The molecule has 1 saturated heterocycles. The summed E-state index contributed by atoms with van der Waals surface area (Å²) in [5.74, 6) is 0.319. The molecule has 1 aromatic heterocycles. The van der Waals surface area contributed by atoms with Gasteiger partial charge in [-0.25, -0.2) is 9.67 Å². The SMILES string of the molecule is Cc1nc(C(=O)N2CCCC2C(=O)N(C)C)nn1-c1ccc(Cl)cc1. The Kier molecular flexibility index (Phi) is 4.76. The van der Waals surface area contributed by atoms with Crippen LogP contribution in [0, 0.1) is 6.92 Å². The minimum Gasteiger partial charge on any atom is -0.347 e. The van der Waals surface area contributed by atoms with E-state index in [0.717, 1.165) is 12.1 Å². The summed E-state index contributed by atoms with van der Waals surface area (Å²) in [5.41, 5.74) is 0.774. The highest BCUT2D eigenvalue weighted by atomic mass is 35.5. The highest BCUT2D eigenvalue weighted by Crippen LogP contribution is 2.21. The van der Waals surface area contributed by atoms with E-state index < -0.39 is 6.04 Å². The second kappa shape index (κ2) is 6.84. The first-order valence-corrected chi connectivity index (χ1v) is 8.48. The third-order valence-corrected chi connectivity index (χ3v) is 4.52. The molecule has 8 heteroatoms. The smallest absolute Gasteiger partial charge is 0.294 e. The molecule has 2 aromatic rings. The number of halogens is 1. The molecule has 0 bridgehead atoms. The molecule has 1 aliphatic heterocycles. The molecule has 1 unspecified atom stereocenters. The predicted molar refractivity (Wildman–Crippen MR) is 93.9 cm³/mol. The van der Waals surface area contributed by atoms with E-state index in [1.54, 1.807) is 42.7 Å². The van der Waals surface area contributed by atoms with Gasteiger partial charge in [-0.2, -0.15) is 0 Å². The molecule has 2 amide bonds. The number of nitrogens with zero attached hydrogens (tertiary/aromatic N) is 5. The molecular weight excluding hydrogens is 342 g/mol. The Bertz CT molecular complexity index is 800. The third kappa shape index (κ3) is 3.37. The largest absolute Gasteiger partial charge is 0.347 e. The van der Waals surface area contributed by atoms with Crippen molar-refractivity contribution < 1.29 is 9.59 Å². The lowest BCUT2D eigenvalue weighted by atomic mass is 10.2. The van der Waals surface area contributed by atoms with E-state index in [9.17, 15) is 9.59 Å². The minimum atomic E-state index is -0.440. The van der Waals surface area contributed by atoms with Crippen molar-refractivity contribution in [2.75, 3.05) is 20.6 Å².